The Morgan fingerprint density at radius 3 is 2.32 bits per heavy atom. The lowest BCUT2D eigenvalue weighted by Crippen LogP contribution is -2.29. The van der Waals surface area contributed by atoms with Gasteiger partial charge in [0.15, 0.2) is 0 Å². The maximum Gasteiger partial charge on any atom is 0.513 e. The van der Waals surface area contributed by atoms with Crippen LogP contribution in [0.4, 0.5) is 4.79 Å². The van der Waals surface area contributed by atoms with E-state index in [-0.39, 0.29) is 5.41 Å². The Morgan fingerprint density at radius 2 is 1.61 bits per heavy atom. The second-order valence-electron chi connectivity index (χ2n) is 8.12. The van der Waals surface area contributed by atoms with Crippen LogP contribution in [0.15, 0.2) is 96.6 Å². The third-order valence-corrected chi connectivity index (χ3v) is 6.47. The zero-order valence-electron chi connectivity index (χ0n) is 17.7. The zero-order valence-corrected chi connectivity index (χ0v) is 17.7. The molecule has 3 aromatic carbocycles. The van der Waals surface area contributed by atoms with Crippen LogP contribution in [0.5, 0.6) is 5.75 Å². The van der Waals surface area contributed by atoms with Gasteiger partial charge in [-0.1, -0.05) is 84.5 Å². The average molecular weight is 408 g/mol. The number of hydrogen-bond acceptors (Lipinski definition) is 3. The van der Waals surface area contributed by atoms with Crippen molar-refractivity contribution in [3.63, 3.8) is 0 Å². The molecule has 0 radical (unpaired) electrons. The van der Waals surface area contributed by atoms with Crippen LogP contribution in [0, 0.1) is 6.92 Å². The van der Waals surface area contributed by atoms with Crippen molar-refractivity contribution in [3.8, 4) is 5.75 Å². The summed E-state index contributed by atoms with van der Waals surface area (Å²) in [6, 6.07) is 25.4. The molecule has 2 unspecified atom stereocenters. The SMILES string of the molecule is COC(=O)Oc1ccc(C2(c3ccc(C)cc3)C3=CC=CCC3c3ccccc32)cc1. The molecule has 0 saturated carbocycles. The Kier molecular flexibility index (Phi) is 4.74. The van der Waals surface area contributed by atoms with E-state index in [0.717, 1.165) is 12.0 Å². The molecule has 0 aliphatic heterocycles. The Bertz CT molecular complexity index is 1190. The van der Waals surface area contributed by atoms with Crippen molar-refractivity contribution in [1.82, 2.24) is 0 Å². The number of hydrogen-bond donors (Lipinski definition) is 0. The highest BCUT2D eigenvalue weighted by Crippen LogP contribution is 2.59. The van der Waals surface area contributed by atoms with Gasteiger partial charge in [-0.3, -0.25) is 0 Å². The molecular weight excluding hydrogens is 384 g/mol. The first kappa shape index (κ1) is 19.4. The van der Waals surface area contributed by atoms with E-state index in [1.165, 1.54) is 34.9 Å². The van der Waals surface area contributed by atoms with Gasteiger partial charge in [0.2, 0.25) is 0 Å². The fourth-order valence-electron chi connectivity index (χ4n) is 5.13. The van der Waals surface area contributed by atoms with E-state index in [4.69, 9.17) is 4.74 Å². The first-order valence-electron chi connectivity index (χ1n) is 10.5. The molecular formula is C28H24O3. The Hall–Kier alpha value is -3.59. The fraction of sp³-hybridized carbons (Fsp3) is 0.179. The zero-order chi connectivity index (χ0) is 21.4. The molecule has 3 aromatic rings. The van der Waals surface area contributed by atoms with Crippen LogP contribution in [0.25, 0.3) is 0 Å². The molecule has 0 amide bonds. The van der Waals surface area contributed by atoms with Crippen molar-refractivity contribution in [2.45, 2.75) is 24.7 Å². The molecule has 0 bridgehead atoms. The van der Waals surface area contributed by atoms with Crippen LogP contribution >= 0.6 is 0 Å². The van der Waals surface area contributed by atoms with Crippen molar-refractivity contribution < 1.29 is 14.3 Å². The minimum Gasteiger partial charge on any atom is -0.437 e. The van der Waals surface area contributed by atoms with Crippen molar-refractivity contribution in [1.29, 1.82) is 0 Å². The summed E-state index contributed by atoms with van der Waals surface area (Å²) < 4.78 is 9.85. The molecule has 31 heavy (non-hydrogen) atoms. The number of carbonyl (C=O) groups is 1. The van der Waals surface area contributed by atoms with Crippen LogP contribution in [-0.2, 0) is 10.2 Å². The second kappa shape index (κ2) is 7.59. The van der Waals surface area contributed by atoms with Gasteiger partial charge in [-0.15, -0.1) is 0 Å². The third-order valence-electron chi connectivity index (χ3n) is 6.47. The number of fused-ring (bicyclic) bond motifs is 3. The highest BCUT2D eigenvalue weighted by molar-refractivity contribution is 5.70. The number of carbonyl (C=O) groups excluding carboxylic acids is 1. The van der Waals surface area contributed by atoms with Crippen molar-refractivity contribution in [3.05, 3.63) is 124 Å². The van der Waals surface area contributed by atoms with Gasteiger partial charge >= 0.3 is 6.16 Å². The van der Waals surface area contributed by atoms with Crippen LogP contribution < -0.4 is 4.74 Å². The summed E-state index contributed by atoms with van der Waals surface area (Å²) in [5, 5.41) is 0. The average Bonchev–Trinajstić information content (AvgIpc) is 3.11. The van der Waals surface area contributed by atoms with Gasteiger partial charge in [-0.05, 0) is 53.3 Å². The molecule has 2 aliphatic rings. The summed E-state index contributed by atoms with van der Waals surface area (Å²) in [7, 11) is 1.31. The number of aryl methyl sites for hydroxylation is 1. The fourth-order valence-corrected chi connectivity index (χ4v) is 5.13. The summed E-state index contributed by atoms with van der Waals surface area (Å²) in [6.45, 7) is 2.11. The Balaban J connectivity index is 1.76. The van der Waals surface area contributed by atoms with E-state index >= 15 is 0 Å². The van der Waals surface area contributed by atoms with Gasteiger partial charge in [-0.25, -0.2) is 4.79 Å². The molecule has 3 nitrogen and oxygen atoms in total. The lowest BCUT2D eigenvalue weighted by atomic mass is 9.66. The first-order valence-corrected chi connectivity index (χ1v) is 10.5. The molecule has 5 rings (SSSR count). The van der Waals surface area contributed by atoms with Gasteiger partial charge in [0.05, 0.1) is 12.5 Å². The molecule has 0 N–H and O–H groups in total. The topological polar surface area (TPSA) is 35.5 Å². The largest absolute Gasteiger partial charge is 0.513 e. The molecule has 3 heteroatoms. The van der Waals surface area contributed by atoms with E-state index < -0.39 is 6.16 Å². The molecule has 0 heterocycles. The summed E-state index contributed by atoms with van der Waals surface area (Å²) in [5.74, 6) is 0.823. The molecule has 0 saturated heterocycles. The number of methoxy groups -OCH3 is 1. The number of allylic oxidation sites excluding steroid dienone is 4. The lowest BCUT2D eigenvalue weighted by Gasteiger charge is -2.36. The summed E-state index contributed by atoms with van der Waals surface area (Å²) in [4.78, 5) is 11.5. The number of rotatable bonds is 3. The van der Waals surface area contributed by atoms with Gasteiger partial charge in [-0.2, -0.15) is 0 Å². The quantitative estimate of drug-likeness (QED) is 0.369. The Morgan fingerprint density at radius 1 is 0.935 bits per heavy atom. The normalized spacial score (nSPS) is 21.1. The molecule has 0 fully saturated rings. The van der Waals surface area contributed by atoms with Gasteiger partial charge in [0, 0.05) is 5.92 Å². The Labute approximate surface area is 182 Å². The van der Waals surface area contributed by atoms with Crippen molar-refractivity contribution in [2.24, 2.45) is 0 Å². The minimum absolute atomic E-state index is 0.355. The van der Waals surface area contributed by atoms with E-state index in [1.807, 2.05) is 12.1 Å². The maximum atomic E-state index is 11.5. The molecule has 2 aliphatic carbocycles. The molecule has 2 atom stereocenters. The van der Waals surface area contributed by atoms with Crippen molar-refractivity contribution in [2.75, 3.05) is 7.11 Å². The van der Waals surface area contributed by atoms with Crippen LogP contribution in [0.3, 0.4) is 0 Å². The van der Waals surface area contributed by atoms with Crippen LogP contribution in [0.2, 0.25) is 0 Å². The summed E-state index contributed by atoms with van der Waals surface area (Å²) in [6.07, 6.45) is 7.00. The first-order chi connectivity index (χ1) is 15.1. The standard InChI is InChI=1S/C28H24O3/c1-19-11-13-20(14-12-19)28(21-15-17-22(18-16-21)31-27(29)30-2)25-9-5-3-7-23(25)24-8-4-6-10-26(24)28/h3-7,9-18,24H,8H2,1-2H3. The second-order valence-corrected chi connectivity index (χ2v) is 8.12. The van der Waals surface area contributed by atoms with E-state index in [2.05, 4.69) is 90.6 Å². The third kappa shape index (κ3) is 3.00. The highest BCUT2D eigenvalue weighted by atomic mass is 16.7. The lowest BCUT2D eigenvalue weighted by molar-refractivity contribution is 0.121. The molecule has 154 valence electrons. The van der Waals surface area contributed by atoms with E-state index in [9.17, 15) is 4.79 Å². The smallest absolute Gasteiger partial charge is 0.437 e. The van der Waals surface area contributed by atoms with Crippen LogP contribution in [0.1, 0.15) is 40.2 Å². The highest BCUT2D eigenvalue weighted by Gasteiger charge is 2.50. The van der Waals surface area contributed by atoms with E-state index in [1.54, 1.807) is 0 Å². The van der Waals surface area contributed by atoms with Gasteiger partial charge < -0.3 is 9.47 Å². The van der Waals surface area contributed by atoms with E-state index in [0.29, 0.717) is 11.7 Å². The molecule has 0 spiro atoms. The predicted molar refractivity (Wildman–Crippen MR) is 122 cm³/mol. The molecule has 0 aromatic heterocycles. The summed E-state index contributed by atoms with van der Waals surface area (Å²) >= 11 is 0. The van der Waals surface area contributed by atoms with Gasteiger partial charge in [0.1, 0.15) is 5.75 Å². The van der Waals surface area contributed by atoms with Crippen molar-refractivity contribution >= 4 is 6.16 Å². The predicted octanol–water partition coefficient (Wildman–Crippen LogP) is 6.46. The van der Waals surface area contributed by atoms with Gasteiger partial charge in [0.25, 0.3) is 0 Å². The number of benzene rings is 3. The number of ether oxygens (including phenoxy) is 2. The summed E-state index contributed by atoms with van der Waals surface area (Å²) in [5.41, 5.74) is 7.35. The maximum absolute atomic E-state index is 11.5. The minimum atomic E-state index is -0.715. The monoisotopic (exact) mass is 408 g/mol. The van der Waals surface area contributed by atoms with Crippen LogP contribution in [-0.4, -0.2) is 13.3 Å².